The number of carbonyl (C=O) groups is 1. The average Bonchev–Trinajstić information content (AvgIpc) is 3.20. The molecule has 156 valence electrons. The Morgan fingerprint density at radius 2 is 2.11 bits per heavy atom. The van der Waals surface area contributed by atoms with Gasteiger partial charge >= 0.3 is 0 Å². The Labute approximate surface area is 173 Å². The third-order valence-electron chi connectivity index (χ3n) is 5.37. The Bertz CT molecular complexity index is 828. The van der Waals surface area contributed by atoms with Crippen molar-refractivity contribution in [2.75, 3.05) is 6.54 Å². The first-order chi connectivity index (χ1) is 13.0. The van der Waals surface area contributed by atoms with Crippen molar-refractivity contribution >= 4 is 34.2 Å². The molecule has 3 rings (SSSR count). The summed E-state index contributed by atoms with van der Waals surface area (Å²) in [4.78, 5) is 17.6. The molecule has 0 aromatic heterocycles. The molecule has 4 N–H and O–H groups in total. The van der Waals surface area contributed by atoms with Gasteiger partial charge in [-0.3, -0.25) is 14.5 Å². The van der Waals surface area contributed by atoms with Crippen LogP contribution >= 0.6 is 12.4 Å². The molecule has 1 aromatic rings. The Morgan fingerprint density at radius 1 is 1.36 bits per heavy atom. The number of carbonyl (C=O) groups excluding carboxylic acids is 1. The van der Waals surface area contributed by atoms with Crippen molar-refractivity contribution in [1.29, 1.82) is 0 Å². The first-order valence-electron chi connectivity index (χ1n) is 9.66. The molecule has 0 bridgehead atoms. The van der Waals surface area contributed by atoms with Gasteiger partial charge in [-0.1, -0.05) is 38.3 Å². The van der Waals surface area contributed by atoms with Crippen LogP contribution in [-0.4, -0.2) is 38.8 Å². The molecule has 0 spiro atoms. The molecular weight excluding hydrogens is 400 g/mol. The lowest BCUT2D eigenvalue weighted by molar-refractivity contribution is -0.123. The van der Waals surface area contributed by atoms with Crippen LogP contribution in [0.5, 0.6) is 0 Å². The molecule has 28 heavy (non-hydrogen) atoms. The van der Waals surface area contributed by atoms with Gasteiger partial charge in [0.15, 0.2) is 0 Å². The van der Waals surface area contributed by atoms with Crippen LogP contribution in [0.2, 0.25) is 0 Å². The van der Waals surface area contributed by atoms with Crippen LogP contribution in [0.15, 0.2) is 34.2 Å². The maximum absolute atomic E-state index is 12.9. The minimum atomic E-state index is -3.61. The molecule has 1 fully saturated rings. The van der Waals surface area contributed by atoms with Gasteiger partial charge in [0.05, 0.1) is 4.90 Å². The maximum Gasteiger partial charge on any atom is 0.263 e. The number of fused-ring (bicyclic) bond motifs is 1. The Balaban J connectivity index is 0.00000280. The van der Waals surface area contributed by atoms with Gasteiger partial charge in [0, 0.05) is 11.6 Å². The minimum absolute atomic E-state index is 0. The van der Waals surface area contributed by atoms with Crippen LogP contribution < -0.4 is 15.8 Å². The van der Waals surface area contributed by atoms with Gasteiger partial charge in [0.25, 0.3) is 10.0 Å². The highest BCUT2D eigenvalue weighted by molar-refractivity contribution is 7.90. The molecule has 3 atom stereocenters. The van der Waals surface area contributed by atoms with Crippen LogP contribution in [0.25, 0.3) is 0 Å². The van der Waals surface area contributed by atoms with E-state index in [9.17, 15) is 13.2 Å². The summed E-state index contributed by atoms with van der Waals surface area (Å²) < 4.78 is 27.1. The second kappa shape index (κ2) is 9.71. The van der Waals surface area contributed by atoms with E-state index in [1.54, 1.807) is 24.3 Å². The van der Waals surface area contributed by atoms with E-state index in [1.165, 1.54) is 0 Å². The maximum atomic E-state index is 12.9. The quantitative estimate of drug-likeness (QED) is 0.615. The van der Waals surface area contributed by atoms with Crippen molar-refractivity contribution in [3.8, 4) is 0 Å². The number of nitrogens with one attached hydrogen (secondary N) is 2. The van der Waals surface area contributed by atoms with Crippen LogP contribution in [0, 0.1) is 5.92 Å². The Kier molecular flexibility index (Phi) is 7.86. The van der Waals surface area contributed by atoms with Gasteiger partial charge < -0.3 is 11.1 Å². The number of amides is 1. The van der Waals surface area contributed by atoms with Crippen LogP contribution in [0.1, 0.15) is 51.0 Å². The van der Waals surface area contributed by atoms with Crippen molar-refractivity contribution in [2.45, 2.75) is 62.4 Å². The number of hydrogen-bond donors (Lipinski definition) is 3. The Morgan fingerprint density at radius 3 is 2.82 bits per heavy atom. The number of sulfonamides is 1. The molecule has 9 heteroatoms. The first-order valence-corrected chi connectivity index (χ1v) is 11.1. The van der Waals surface area contributed by atoms with Crippen molar-refractivity contribution in [1.82, 2.24) is 10.0 Å². The average molecular weight is 429 g/mol. The first kappa shape index (κ1) is 22.6. The second-order valence-electron chi connectivity index (χ2n) is 7.28. The molecule has 7 nitrogen and oxygen atoms in total. The highest BCUT2D eigenvalue weighted by atomic mass is 35.5. The van der Waals surface area contributed by atoms with E-state index in [2.05, 4.69) is 22.0 Å². The fourth-order valence-electron chi connectivity index (χ4n) is 3.83. The van der Waals surface area contributed by atoms with Crippen molar-refractivity contribution in [2.24, 2.45) is 16.6 Å². The largest absolute Gasteiger partial charge is 0.351 e. The number of halogens is 1. The van der Waals surface area contributed by atoms with E-state index in [1.807, 2.05) is 0 Å². The molecule has 1 amide bonds. The van der Waals surface area contributed by atoms with Gasteiger partial charge in [-0.15, -0.1) is 12.4 Å². The van der Waals surface area contributed by atoms with Gasteiger partial charge in [0.2, 0.25) is 5.91 Å². The lowest BCUT2D eigenvalue weighted by Gasteiger charge is -2.22. The van der Waals surface area contributed by atoms with Gasteiger partial charge in [-0.2, -0.15) is 0 Å². The molecule has 1 aliphatic heterocycles. The SMILES string of the molecule is CCCCC(N=C1NS(=O)(=O)c2ccccc21)C(=O)NC1CCCC1CN.Cl. The highest BCUT2D eigenvalue weighted by Crippen LogP contribution is 2.26. The second-order valence-corrected chi connectivity index (χ2v) is 8.93. The van der Waals surface area contributed by atoms with E-state index < -0.39 is 16.1 Å². The van der Waals surface area contributed by atoms with Crippen molar-refractivity contribution in [3.05, 3.63) is 29.8 Å². The summed E-state index contributed by atoms with van der Waals surface area (Å²) in [7, 11) is -3.61. The van der Waals surface area contributed by atoms with E-state index in [0.29, 0.717) is 24.4 Å². The van der Waals surface area contributed by atoms with E-state index in [-0.39, 0.29) is 35.1 Å². The standard InChI is InChI=1S/C19H28N4O3S.ClH/c1-2-3-9-16(19(24)22-15-10-6-7-13(15)12-20)21-18-14-8-4-5-11-17(14)27(25,26)23-18;/h4-5,8,11,13,15-16H,2-3,6-7,9-10,12,20H2,1H3,(H,21,23)(H,22,24);1H. The summed E-state index contributed by atoms with van der Waals surface area (Å²) in [6.45, 7) is 2.61. The number of amidine groups is 1. The summed E-state index contributed by atoms with van der Waals surface area (Å²) in [6, 6.07) is 6.16. The third-order valence-corrected chi connectivity index (χ3v) is 6.77. The fourth-order valence-corrected chi connectivity index (χ4v) is 5.06. The number of aliphatic imine (C=N–C) groups is 1. The monoisotopic (exact) mass is 428 g/mol. The zero-order valence-corrected chi connectivity index (χ0v) is 17.7. The number of benzene rings is 1. The number of rotatable bonds is 7. The number of nitrogens with two attached hydrogens (primary N) is 1. The molecule has 1 aliphatic carbocycles. The molecule has 1 aromatic carbocycles. The zero-order chi connectivity index (χ0) is 19.4. The van der Waals surface area contributed by atoms with Crippen LogP contribution in [0.3, 0.4) is 0 Å². The van der Waals surface area contributed by atoms with Gasteiger partial charge in [-0.05, 0) is 43.9 Å². The lowest BCUT2D eigenvalue weighted by Crippen LogP contribution is -2.44. The molecule has 0 radical (unpaired) electrons. The van der Waals surface area contributed by atoms with E-state index in [4.69, 9.17) is 5.73 Å². The number of unbranched alkanes of at least 4 members (excludes halogenated alkanes) is 1. The number of nitrogens with zero attached hydrogens (tertiary/aromatic N) is 1. The van der Waals surface area contributed by atoms with E-state index >= 15 is 0 Å². The zero-order valence-electron chi connectivity index (χ0n) is 16.1. The smallest absolute Gasteiger partial charge is 0.263 e. The third kappa shape index (κ3) is 4.85. The summed E-state index contributed by atoms with van der Waals surface area (Å²) in [5.74, 6) is 0.410. The lowest BCUT2D eigenvalue weighted by atomic mass is 10.0. The van der Waals surface area contributed by atoms with Crippen molar-refractivity contribution < 1.29 is 13.2 Å². The molecule has 3 unspecified atom stereocenters. The topological polar surface area (TPSA) is 114 Å². The molecule has 1 heterocycles. The Hall–Kier alpha value is -1.64. The number of hydrogen-bond acceptors (Lipinski definition) is 5. The van der Waals surface area contributed by atoms with Crippen molar-refractivity contribution in [3.63, 3.8) is 0 Å². The predicted molar refractivity (Wildman–Crippen MR) is 112 cm³/mol. The summed E-state index contributed by atoms with van der Waals surface area (Å²) in [5.41, 5.74) is 6.34. The summed E-state index contributed by atoms with van der Waals surface area (Å²) >= 11 is 0. The molecule has 2 aliphatic rings. The molecular formula is C19H29ClN4O3S. The normalized spacial score (nSPS) is 24.9. The minimum Gasteiger partial charge on any atom is -0.351 e. The summed E-state index contributed by atoms with van der Waals surface area (Å²) in [6.07, 6.45) is 5.38. The predicted octanol–water partition coefficient (Wildman–Crippen LogP) is 1.95. The van der Waals surface area contributed by atoms with Gasteiger partial charge in [0.1, 0.15) is 11.9 Å². The van der Waals surface area contributed by atoms with Gasteiger partial charge in [-0.25, -0.2) is 8.42 Å². The van der Waals surface area contributed by atoms with Crippen LogP contribution in [-0.2, 0) is 14.8 Å². The van der Waals surface area contributed by atoms with E-state index in [0.717, 1.165) is 32.1 Å². The molecule has 0 saturated heterocycles. The summed E-state index contributed by atoms with van der Waals surface area (Å²) in [5, 5.41) is 3.10. The fraction of sp³-hybridized carbons (Fsp3) is 0.579. The van der Waals surface area contributed by atoms with Crippen LogP contribution in [0.4, 0.5) is 0 Å². The molecule has 1 saturated carbocycles. The highest BCUT2D eigenvalue weighted by Gasteiger charge is 2.33.